The zero-order valence-electron chi connectivity index (χ0n) is 18.5. The number of hydrogen-bond acceptors (Lipinski definition) is 7. The second-order valence-corrected chi connectivity index (χ2v) is 9.52. The fourth-order valence-corrected chi connectivity index (χ4v) is 5.98. The van der Waals surface area contributed by atoms with Gasteiger partial charge in [0, 0.05) is 17.9 Å². The first-order valence-electron chi connectivity index (χ1n) is 11.1. The van der Waals surface area contributed by atoms with Crippen LogP contribution in [0.1, 0.15) is 44.8 Å². The number of esters is 1. The largest absolute Gasteiger partial charge is 0.484 e. The fourth-order valence-electron chi connectivity index (χ4n) is 5.98. The van der Waals surface area contributed by atoms with Crippen LogP contribution >= 0.6 is 0 Å². The van der Waals surface area contributed by atoms with E-state index in [0.29, 0.717) is 24.1 Å². The molecule has 1 saturated heterocycles. The van der Waals surface area contributed by atoms with Gasteiger partial charge < -0.3 is 14.6 Å². The van der Waals surface area contributed by atoms with Crippen LogP contribution in [0.15, 0.2) is 42.6 Å². The molecule has 5 rings (SSSR count). The highest BCUT2D eigenvalue weighted by Gasteiger charge is 2.72. The van der Waals surface area contributed by atoms with Crippen molar-refractivity contribution < 1.29 is 28.6 Å². The molecule has 1 aromatic carbocycles. The van der Waals surface area contributed by atoms with Gasteiger partial charge in [-0.25, -0.2) is 13.9 Å². The topological polar surface area (TPSA) is 104 Å². The van der Waals surface area contributed by atoms with Crippen LogP contribution in [0.5, 0.6) is 5.75 Å². The lowest BCUT2D eigenvalue weighted by atomic mass is 9.64. The second-order valence-electron chi connectivity index (χ2n) is 9.52. The Balaban J connectivity index is 1.46. The number of ether oxygens (including phenoxy) is 2. The Bertz CT molecular complexity index is 1150. The van der Waals surface area contributed by atoms with Crippen molar-refractivity contribution in [1.82, 2.24) is 15.0 Å². The minimum Gasteiger partial charge on any atom is -0.484 e. The molecule has 0 radical (unpaired) electrons. The van der Waals surface area contributed by atoms with Crippen LogP contribution in [-0.2, 0) is 20.9 Å². The van der Waals surface area contributed by atoms with E-state index in [2.05, 4.69) is 16.9 Å². The normalized spacial score (nSPS) is 35.7. The van der Waals surface area contributed by atoms with Gasteiger partial charge in [-0.15, -0.1) is 5.10 Å². The predicted octanol–water partition coefficient (Wildman–Crippen LogP) is 2.78. The number of aromatic nitrogens is 3. The molecule has 0 spiro atoms. The summed E-state index contributed by atoms with van der Waals surface area (Å²) < 4.78 is 26.5. The van der Waals surface area contributed by atoms with Crippen LogP contribution < -0.4 is 4.74 Å². The van der Waals surface area contributed by atoms with E-state index >= 15 is 0 Å². The van der Waals surface area contributed by atoms with Crippen molar-refractivity contribution in [1.29, 1.82) is 0 Å². The van der Waals surface area contributed by atoms with Crippen molar-refractivity contribution in [3.8, 4) is 5.75 Å². The van der Waals surface area contributed by atoms with Gasteiger partial charge in [0.1, 0.15) is 29.8 Å². The highest BCUT2D eigenvalue weighted by atomic mass is 19.1. The summed E-state index contributed by atoms with van der Waals surface area (Å²) in [6, 6.07) is 5.37. The second kappa shape index (κ2) is 7.48. The Hall–Kier alpha value is -3.07. The van der Waals surface area contributed by atoms with E-state index in [0.717, 1.165) is 0 Å². The number of carbonyl (C=O) groups excluding carboxylic acids is 2. The molecule has 1 aliphatic heterocycles. The summed E-state index contributed by atoms with van der Waals surface area (Å²) in [7, 11) is 0. The van der Waals surface area contributed by atoms with Gasteiger partial charge in [0.25, 0.3) is 0 Å². The molecule has 0 bridgehead atoms. The van der Waals surface area contributed by atoms with E-state index in [9.17, 15) is 19.1 Å². The number of rotatable bonds is 4. The van der Waals surface area contributed by atoms with Crippen LogP contribution in [0.3, 0.4) is 0 Å². The van der Waals surface area contributed by atoms with Crippen molar-refractivity contribution >= 4 is 11.8 Å². The molecule has 0 unspecified atom stereocenters. The molecule has 2 aliphatic carbocycles. The van der Waals surface area contributed by atoms with Gasteiger partial charge in [-0.1, -0.05) is 30.8 Å². The summed E-state index contributed by atoms with van der Waals surface area (Å²) in [6.07, 6.45) is 2.08. The molecule has 1 N–H and O–H groups in total. The van der Waals surface area contributed by atoms with E-state index in [-0.39, 0.29) is 36.4 Å². The minimum atomic E-state index is -1.51. The minimum absolute atomic E-state index is 0.0189. The average Bonchev–Trinajstić information content (AvgIpc) is 3.41. The zero-order chi connectivity index (χ0) is 23.5. The van der Waals surface area contributed by atoms with Gasteiger partial charge in [-0.3, -0.25) is 4.79 Å². The average molecular weight is 455 g/mol. The number of ketones is 1. The van der Waals surface area contributed by atoms with Crippen LogP contribution in [0.25, 0.3) is 0 Å². The van der Waals surface area contributed by atoms with Crippen molar-refractivity contribution in [2.24, 2.45) is 17.3 Å². The van der Waals surface area contributed by atoms with Crippen LogP contribution in [-0.4, -0.2) is 43.6 Å². The van der Waals surface area contributed by atoms with Crippen molar-refractivity contribution in [2.75, 3.05) is 0 Å². The third kappa shape index (κ3) is 2.98. The molecule has 9 heteroatoms. The summed E-state index contributed by atoms with van der Waals surface area (Å²) in [6.45, 7) is 7.46. The standard InChI is InChI=1S/C24H26FN3O5/c1-13-8-9-16-14(2)22(30)33-21(16)23(3)20(29)10-19(24(13,23)31)28-11-15(26-27-28)12-32-18-7-5-4-6-17(18)25/h4-7,11,13,16,19,21,31H,2,8-10,12H2,1,3H3/t13-,16-,19-,21+,23-,24-/m0/s1. The summed E-state index contributed by atoms with van der Waals surface area (Å²) in [5.74, 6) is -1.64. The first-order chi connectivity index (χ1) is 15.7. The van der Waals surface area contributed by atoms with Crippen LogP contribution in [0.4, 0.5) is 4.39 Å². The molecule has 3 aliphatic rings. The van der Waals surface area contributed by atoms with Gasteiger partial charge in [0.2, 0.25) is 0 Å². The van der Waals surface area contributed by atoms with Gasteiger partial charge >= 0.3 is 5.97 Å². The Morgan fingerprint density at radius 3 is 2.85 bits per heavy atom. The highest BCUT2D eigenvalue weighted by Crippen LogP contribution is 2.61. The molecule has 174 valence electrons. The number of hydrogen-bond donors (Lipinski definition) is 1. The van der Waals surface area contributed by atoms with Crippen molar-refractivity contribution in [3.05, 3.63) is 54.1 Å². The van der Waals surface area contributed by atoms with Gasteiger partial charge in [0.15, 0.2) is 11.6 Å². The smallest absolute Gasteiger partial charge is 0.334 e. The lowest BCUT2D eigenvalue weighted by Gasteiger charge is -2.46. The number of benzene rings is 1. The first kappa shape index (κ1) is 21.8. The number of para-hydroxylation sites is 1. The lowest BCUT2D eigenvalue weighted by Crippen LogP contribution is -2.59. The molecule has 6 atom stereocenters. The van der Waals surface area contributed by atoms with Gasteiger partial charge in [-0.2, -0.15) is 0 Å². The predicted molar refractivity (Wildman–Crippen MR) is 113 cm³/mol. The molecule has 3 fully saturated rings. The summed E-state index contributed by atoms with van der Waals surface area (Å²) in [5, 5.41) is 20.4. The Kier molecular flexibility index (Phi) is 4.93. The zero-order valence-corrected chi connectivity index (χ0v) is 18.5. The molecule has 2 heterocycles. The Morgan fingerprint density at radius 2 is 2.09 bits per heavy atom. The molecule has 33 heavy (non-hydrogen) atoms. The monoisotopic (exact) mass is 455 g/mol. The maximum Gasteiger partial charge on any atom is 0.334 e. The van der Waals surface area contributed by atoms with Crippen molar-refractivity contribution in [3.63, 3.8) is 0 Å². The Morgan fingerprint density at radius 1 is 1.33 bits per heavy atom. The molecule has 2 saturated carbocycles. The van der Waals surface area contributed by atoms with Gasteiger partial charge in [-0.05, 0) is 37.8 Å². The van der Waals surface area contributed by atoms with E-state index in [4.69, 9.17) is 9.47 Å². The Labute approximate surface area is 190 Å². The quantitative estimate of drug-likeness (QED) is 0.559. The number of aliphatic hydroxyl groups is 1. The number of halogens is 1. The number of fused-ring (bicyclic) bond motifs is 3. The SMILES string of the molecule is C=C1C(=O)O[C@@H]2[C@H]1CC[C@H](C)[C@]1(O)[C@@H](n3cc(COc4ccccc4F)nn3)CC(=O)[C@@]21C. The van der Waals surface area contributed by atoms with E-state index in [1.165, 1.54) is 16.8 Å². The maximum absolute atomic E-state index is 13.8. The molecule has 1 aromatic heterocycles. The molecule has 0 amide bonds. The number of carbonyl (C=O) groups is 2. The molecular weight excluding hydrogens is 429 g/mol. The fraction of sp³-hybridized carbons (Fsp3) is 0.500. The summed E-state index contributed by atoms with van der Waals surface area (Å²) in [4.78, 5) is 25.7. The third-order valence-corrected chi connectivity index (χ3v) is 7.93. The van der Waals surface area contributed by atoms with Crippen LogP contribution in [0, 0.1) is 23.1 Å². The number of nitrogens with zero attached hydrogens (tertiary/aromatic N) is 3. The van der Waals surface area contributed by atoms with E-state index < -0.39 is 34.9 Å². The molecular formula is C24H26FN3O5. The number of Topliss-reactive ketones (excluding diaryl/α,β-unsaturated/α-hetero) is 1. The third-order valence-electron chi connectivity index (χ3n) is 7.93. The lowest BCUT2D eigenvalue weighted by molar-refractivity contribution is -0.178. The van der Waals surface area contributed by atoms with Gasteiger partial charge in [0.05, 0.1) is 17.7 Å². The van der Waals surface area contributed by atoms with Crippen LogP contribution in [0.2, 0.25) is 0 Å². The maximum atomic E-state index is 13.8. The highest BCUT2D eigenvalue weighted by molar-refractivity contribution is 5.95. The van der Waals surface area contributed by atoms with Crippen molar-refractivity contribution in [2.45, 2.75) is 57.5 Å². The van der Waals surface area contributed by atoms with E-state index in [1.54, 1.807) is 25.3 Å². The van der Waals surface area contributed by atoms with E-state index in [1.807, 2.05) is 6.92 Å². The first-order valence-corrected chi connectivity index (χ1v) is 11.1. The summed E-state index contributed by atoms with van der Waals surface area (Å²) >= 11 is 0. The molecule has 2 aromatic rings. The molecule has 8 nitrogen and oxygen atoms in total. The summed E-state index contributed by atoms with van der Waals surface area (Å²) in [5.41, 5.74) is -2.01.